The van der Waals surface area contributed by atoms with Crippen LogP contribution in [0.4, 0.5) is 0 Å². The Bertz CT molecular complexity index is 502. The summed E-state index contributed by atoms with van der Waals surface area (Å²) < 4.78 is 11.3. The van der Waals surface area contributed by atoms with Gasteiger partial charge in [0, 0.05) is 0 Å². The normalized spacial score (nSPS) is 36.1. The number of esters is 2. The van der Waals surface area contributed by atoms with E-state index < -0.39 is 11.2 Å². The molecule has 0 aliphatic carbocycles. The SMILES string of the molecule is CCCCCCCCCCCC[C@@]12CC[C@@](C)(O1)C1C(=O)OC(=O)C12. The molecule has 3 aliphatic heterocycles. The summed E-state index contributed by atoms with van der Waals surface area (Å²) in [5.74, 6) is -1.41. The Balaban J connectivity index is 1.37. The van der Waals surface area contributed by atoms with Gasteiger partial charge in [-0.3, -0.25) is 9.59 Å². The minimum Gasteiger partial charge on any atom is -0.393 e. The molecule has 0 spiro atoms. The van der Waals surface area contributed by atoms with Gasteiger partial charge >= 0.3 is 11.9 Å². The maximum absolute atomic E-state index is 12.2. The van der Waals surface area contributed by atoms with Crippen molar-refractivity contribution in [3.8, 4) is 0 Å². The third-order valence-corrected chi connectivity index (χ3v) is 6.70. The van der Waals surface area contributed by atoms with Crippen molar-refractivity contribution in [2.24, 2.45) is 11.8 Å². The highest BCUT2D eigenvalue weighted by Gasteiger charge is 2.73. The molecule has 3 fully saturated rings. The van der Waals surface area contributed by atoms with Gasteiger partial charge in [-0.15, -0.1) is 0 Å². The zero-order valence-corrected chi connectivity index (χ0v) is 16.0. The van der Waals surface area contributed by atoms with E-state index in [0.29, 0.717) is 0 Å². The summed E-state index contributed by atoms with van der Waals surface area (Å²) in [7, 11) is 0. The van der Waals surface area contributed by atoms with Gasteiger partial charge in [-0.25, -0.2) is 0 Å². The molecular formula is C21H34O4. The van der Waals surface area contributed by atoms with E-state index in [0.717, 1.165) is 25.7 Å². The number of cyclic esters (lactones) is 2. The van der Waals surface area contributed by atoms with Crippen molar-refractivity contribution in [3.63, 3.8) is 0 Å². The van der Waals surface area contributed by atoms with Crippen molar-refractivity contribution < 1.29 is 19.1 Å². The molecule has 0 aromatic heterocycles. The molecule has 0 aromatic rings. The summed E-state index contributed by atoms with van der Waals surface area (Å²) in [5.41, 5.74) is -0.908. The van der Waals surface area contributed by atoms with E-state index in [-0.39, 0.29) is 23.8 Å². The van der Waals surface area contributed by atoms with Crippen LogP contribution in [0.1, 0.15) is 97.3 Å². The molecule has 25 heavy (non-hydrogen) atoms. The predicted octanol–water partition coefficient (Wildman–Crippen LogP) is 4.93. The van der Waals surface area contributed by atoms with Crippen molar-refractivity contribution in [1.29, 1.82) is 0 Å². The Morgan fingerprint density at radius 1 is 0.840 bits per heavy atom. The molecule has 4 atom stereocenters. The van der Waals surface area contributed by atoms with E-state index >= 15 is 0 Å². The highest BCUT2D eigenvalue weighted by Crippen LogP contribution is 2.61. The number of hydrogen-bond donors (Lipinski definition) is 0. The van der Waals surface area contributed by atoms with E-state index in [1.54, 1.807) is 0 Å². The smallest absolute Gasteiger partial charge is 0.320 e. The number of hydrogen-bond acceptors (Lipinski definition) is 4. The lowest BCUT2D eigenvalue weighted by molar-refractivity contribution is -0.162. The molecule has 3 rings (SSSR count). The first-order valence-electron chi connectivity index (χ1n) is 10.5. The quantitative estimate of drug-likeness (QED) is 0.301. The first-order chi connectivity index (χ1) is 12.0. The van der Waals surface area contributed by atoms with E-state index in [9.17, 15) is 9.59 Å². The largest absolute Gasteiger partial charge is 0.393 e. The molecule has 0 radical (unpaired) electrons. The number of ether oxygens (including phenoxy) is 2. The number of carbonyl (C=O) groups is 2. The average molecular weight is 350 g/mol. The molecule has 0 N–H and O–H groups in total. The third-order valence-electron chi connectivity index (χ3n) is 6.70. The van der Waals surface area contributed by atoms with Gasteiger partial charge in [0.1, 0.15) is 11.8 Å². The lowest BCUT2D eigenvalue weighted by Crippen LogP contribution is -2.41. The van der Waals surface area contributed by atoms with Gasteiger partial charge in [0.2, 0.25) is 0 Å². The fraction of sp³-hybridized carbons (Fsp3) is 0.905. The maximum atomic E-state index is 12.2. The highest BCUT2D eigenvalue weighted by atomic mass is 16.6. The predicted molar refractivity (Wildman–Crippen MR) is 96.0 cm³/mol. The zero-order chi connectivity index (χ0) is 17.9. The van der Waals surface area contributed by atoms with Crippen LogP contribution in [0, 0.1) is 11.8 Å². The van der Waals surface area contributed by atoms with Crippen molar-refractivity contribution in [3.05, 3.63) is 0 Å². The van der Waals surface area contributed by atoms with Crippen molar-refractivity contribution in [2.45, 2.75) is 109 Å². The highest BCUT2D eigenvalue weighted by molar-refractivity contribution is 5.98. The molecular weight excluding hydrogens is 316 g/mol. The molecule has 4 nitrogen and oxygen atoms in total. The summed E-state index contributed by atoms with van der Waals surface area (Å²) in [5, 5.41) is 0. The Morgan fingerprint density at radius 2 is 1.40 bits per heavy atom. The standard InChI is InChI=1S/C21H34O4/c1-3-4-5-6-7-8-9-10-11-12-13-21-15-14-20(2,25-21)16-17(21)19(23)24-18(16)22/h16-17H,3-15H2,1-2H3/t16?,17?,20-,21+/m1/s1. The van der Waals surface area contributed by atoms with Crippen molar-refractivity contribution in [1.82, 2.24) is 0 Å². The summed E-state index contributed by atoms with van der Waals surface area (Å²) in [6, 6.07) is 0. The van der Waals surface area contributed by atoms with Crippen LogP contribution in [0.5, 0.6) is 0 Å². The van der Waals surface area contributed by atoms with Crippen LogP contribution in [-0.2, 0) is 19.1 Å². The first kappa shape index (κ1) is 18.9. The molecule has 2 unspecified atom stereocenters. The van der Waals surface area contributed by atoms with E-state index in [1.165, 1.54) is 57.8 Å². The number of fused-ring (bicyclic) bond motifs is 5. The van der Waals surface area contributed by atoms with Crippen molar-refractivity contribution in [2.75, 3.05) is 0 Å². The van der Waals surface area contributed by atoms with Crippen LogP contribution in [0.25, 0.3) is 0 Å². The molecule has 0 amide bonds. The van der Waals surface area contributed by atoms with Gasteiger partial charge in [0.05, 0.1) is 11.2 Å². The Labute approximate surface area is 152 Å². The van der Waals surface area contributed by atoms with Gasteiger partial charge in [-0.05, 0) is 26.2 Å². The Kier molecular flexibility index (Phi) is 5.87. The van der Waals surface area contributed by atoms with Crippen LogP contribution in [0.15, 0.2) is 0 Å². The second-order valence-corrected chi connectivity index (χ2v) is 8.61. The molecule has 0 aromatic carbocycles. The zero-order valence-electron chi connectivity index (χ0n) is 16.0. The van der Waals surface area contributed by atoms with Crippen LogP contribution < -0.4 is 0 Å². The van der Waals surface area contributed by atoms with Gasteiger partial charge in [0.15, 0.2) is 0 Å². The van der Waals surface area contributed by atoms with Gasteiger partial charge in [-0.2, -0.15) is 0 Å². The summed E-state index contributed by atoms with van der Waals surface area (Å²) >= 11 is 0. The first-order valence-corrected chi connectivity index (χ1v) is 10.5. The topological polar surface area (TPSA) is 52.6 Å². The molecule has 2 bridgehead atoms. The molecule has 3 saturated heterocycles. The Morgan fingerprint density at radius 3 is 2.04 bits per heavy atom. The second-order valence-electron chi connectivity index (χ2n) is 8.61. The maximum Gasteiger partial charge on any atom is 0.320 e. The molecule has 3 heterocycles. The Hall–Kier alpha value is -0.900. The third kappa shape index (κ3) is 3.65. The minimum atomic E-state index is -0.480. The second kappa shape index (κ2) is 7.77. The fourth-order valence-electron chi connectivity index (χ4n) is 5.33. The van der Waals surface area contributed by atoms with Crippen LogP contribution in [-0.4, -0.2) is 23.1 Å². The monoisotopic (exact) mass is 350 g/mol. The summed E-state index contributed by atoms with van der Waals surface area (Å²) in [4.78, 5) is 24.2. The lowest BCUT2D eigenvalue weighted by Gasteiger charge is -2.29. The number of carbonyl (C=O) groups excluding carboxylic acids is 2. The molecule has 142 valence electrons. The number of unbranched alkanes of at least 4 members (excludes halogenated alkanes) is 9. The van der Waals surface area contributed by atoms with Gasteiger partial charge in [-0.1, -0.05) is 71.1 Å². The van der Waals surface area contributed by atoms with E-state index in [2.05, 4.69) is 6.92 Å². The van der Waals surface area contributed by atoms with Crippen molar-refractivity contribution >= 4 is 11.9 Å². The molecule has 4 heteroatoms. The van der Waals surface area contributed by atoms with Gasteiger partial charge < -0.3 is 9.47 Å². The fourth-order valence-corrected chi connectivity index (χ4v) is 5.33. The van der Waals surface area contributed by atoms with E-state index in [1.807, 2.05) is 6.92 Å². The molecule has 0 saturated carbocycles. The van der Waals surface area contributed by atoms with E-state index in [4.69, 9.17) is 9.47 Å². The number of rotatable bonds is 11. The molecule has 3 aliphatic rings. The summed E-state index contributed by atoms with van der Waals surface area (Å²) in [6.45, 7) is 4.24. The van der Waals surface area contributed by atoms with Crippen LogP contribution >= 0.6 is 0 Å². The van der Waals surface area contributed by atoms with Gasteiger partial charge in [0.25, 0.3) is 0 Å². The lowest BCUT2D eigenvalue weighted by atomic mass is 9.67. The van der Waals surface area contributed by atoms with Crippen LogP contribution in [0.3, 0.4) is 0 Å². The minimum absolute atomic E-state index is 0.342. The summed E-state index contributed by atoms with van der Waals surface area (Å²) in [6.07, 6.45) is 15.6. The van der Waals surface area contributed by atoms with Crippen LogP contribution in [0.2, 0.25) is 0 Å². The average Bonchev–Trinajstić information content (AvgIpc) is 3.16.